The van der Waals surface area contributed by atoms with Crippen LogP contribution in [0.4, 0.5) is 0 Å². The lowest BCUT2D eigenvalue weighted by Crippen LogP contribution is -2.02. The van der Waals surface area contributed by atoms with Crippen molar-refractivity contribution in [1.29, 1.82) is 0 Å². The quantitative estimate of drug-likeness (QED) is 0.0200. The lowest BCUT2D eigenvalue weighted by molar-refractivity contribution is 0.274. The predicted octanol–water partition coefficient (Wildman–Crippen LogP) is 28.4. The van der Waals surface area contributed by atoms with Crippen LogP contribution in [-0.2, 0) is 18.5 Å². The molecule has 8 atom stereocenters. The van der Waals surface area contributed by atoms with E-state index in [1.165, 1.54) is 116 Å². The Kier molecular flexibility index (Phi) is 78.8. The van der Waals surface area contributed by atoms with Gasteiger partial charge in [-0.3, -0.25) is 0 Å². The summed E-state index contributed by atoms with van der Waals surface area (Å²) in [4.78, 5) is 0. The minimum atomic E-state index is 0.221. The van der Waals surface area contributed by atoms with E-state index in [9.17, 15) is 0 Å². The first kappa shape index (κ1) is 91.6. The predicted molar refractivity (Wildman–Crippen MR) is 432 cm³/mol. The summed E-state index contributed by atoms with van der Waals surface area (Å²) >= 11 is 0. The number of epoxide rings is 2. The zero-order valence-electron chi connectivity index (χ0n) is 61.4. The Morgan fingerprint density at radius 1 is 0.277 bits per heavy atom. The van der Waals surface area contributed by atoms with E-state index in [2.05, 4.69) is 317 Å². The molecule has 0 spiro atoms. The third kappa shape index (κ3) is 74.9. The summed E-state index contributed by atoms with van der Waals surface area (Å²) < 4.78 is 22.0. The fourth-order valence-electron chi connectivity index (χ4n) is 9.13. The van der Waals surface area contributed by atoms with Crippen LogP contribution in [0, 0.1) is 0 Å². The molecular weight excluding hydrogens is 1180 g/mol. The number of rotatable bonds is 56. The van der Waals surface area contributed by atoms with E-state index < -0.39 is 0 Å². The zero-order valence-corrected chi connectivity index (χ0v) is 63.7. The molecule has 2 aliphatic rings. The van der Waals surface area contributed by atoms with Crippen molar-refractivity contribution in [3.63, 3.8) is 0 Å². The topological polar surface area (TPSA) is 43.5 Å². The van der Waals surface area contributed by atoms with Gasteiger partial charge in [0, 0.05) is 18.9 Å². The molecule has 0 bridgehead atoms. The van der Waals surface area contributed by atoms with E-state index in [0.717, 1.165) is 103 Å². The molecule has 0 aliphatic carbocycles. The molecule has 4 nitrogen and oxygen atoms in total. The lowest BCUT2D eigenvalue weighted by Gasteiger charge is -2.09. The van der Waals surface area contributed by atoms with Gasteiger partial charge in [0.05, 0.1) is 24.4 Å². The molecule has 2 heterocycles. The SMILES string of the molecule is CC/C=C\C/C=C\C/C=C\C/C=C\C=C\C(CCCCCC)OP.CC/C=C\CC1OC1/C=C/C=C/C=C\C/C=C\CCCCCC.CCC=CCC1OC1C=CC=CC=CCC=CCCCCCC.CCC=CCC=CCC=CCC=CC=CC(CCCCCC)OP. The van der Waals surface area contributed by atoms with Crippen LogP contribution in [0.25, 0.3) is 0 Å². The highest BCUT2D eigenvalue weighted by atomic mass is 31.0. The Labute approximate surface area is 587 Å². The first-order chi connectivity index (χ1) is 46.5. The first-order valence-corrected chi connectivity index (χ1v) is 38.6. The molecule has 2 saturated heterocycles. The van der Waals surface area contributed by atoms with Crippen molar-refractivity contribution in [3.8, 4) is 0 Å². The molecule has 0 aromatic rings. The number of unbranched alkanes of at least 4 members (excludes halogenated alkanes) is 14. The molecule has 2 rings (SSSR count). The van der Waals surface area contributed by atoms with E-state index in [-0.39, 0.29) is 12.2 Å². The van der Waals surface area contributed by atoms with Crippen molar-refractivity contribution in [1.82, 2.24) is 0 Å². The molecular formula is C88H142O4P2. The normalized spacial score (nSPS) is 18.0. The van der Waals surface area contributed by atoms with Crippen LogP contribution >= 0.6 is 18.9 Å². The summed E-state index contributed by atoms with van der Waals surface area (Å²) in [6.45, 7) is 17.6. The summed E-state index contributed by atoms with van der Waals surface area (Å²) in [5.41, 5.74) is 0. The van der Waals surface area contributed by atoms with Crippen LogP contribution in [0.15, 0.2) is 243 Å². The molecule has 94 heavy (non-hydrogen) atoms. The summed E-state index contributed by atoms with van der Waals surface area (Å²) in [5.74, 6) is 0. The molecule has 2 aliphatic heterocycles. The second-order valence-electron chi connectivity index (χ2n) is 23.8. The van der Waals surface area contributed by atoms with Gasteiger partial charge < -0.3 is 18.5 Å². The van der Waals surface area contributed by atoms with Gasteiger partial charge in [-0.25, -0.2) is 0 Å². The van der Waals surface area contributed by atoms with Gasteiger partial charge in [-0.15, -0.1) is 0 Å². The van der Waals surface area contributed by atoms with Gasteiger partial charge in [0.25, 0.3) is 0 Å². The molecule has 528 valence electrons. The van der Waals surface area contributed by atoms with Crippen LogP contribution in [-0.4, -0.2) is 36.6 Å². The first-order valence-electron chi connectivity index (χ1n) is 37.6. The molecule has 6 heteroatoms. The molecule has 0 amide bonds. The summed E-state index contributed by atoms with van der Waals surface area (Å²) in [6, 6.07) is 0. The van der Waals surface area contributed by atoms with Crippen molar-refractivity contribution in [2.24, 2.45) is 0 Å². The average molecular weight is 1330 g/mol. The number of allylic oxidation sites excluding steroid dienone is 34. The van der Waals surface area contributed by atoms with E-state index in [1.54, 1.807) is 0 Å². The highest BCUT2D eigenvalue weighted by Crippen LogP contribution is 2.28. The third-order valence-electron chi connectivity index (χ3n) is 14.9. The maximum atomic E-state index is 5.57. The van der Waals surface area contributed by atoms with E-state index in [0.29, 0.717) is 24.4 Å². The Balaban J connectivity index is 0. The molecule has 0 saturated carbocycles. The monoisotopic (exact) mass is 1330 g/mol. The van der Waals surface area contributed by atoms with Gasteiger partial charge in [0.1, 0.15) is 12.2 Å². The molecule has 0 aromatic heterocycles. The van der Waals surface area contributed by atoms with Crippen molar-refractivity contribution >= 4 is 18.9 Å². The standard InChI is InChI=1S/2C22H37OP.2C22H34O/c2*1-3-5-7-9-10-11-12-13-14-15-16-17-19-21-22(23-24)20-18-8-6-4-2;2*1-3-5-7-8-9-10-11-12-13-14-15-16-18-20-22-21(23-22)19-17-6-4-2/h2*5,7,10-11,13-14,16-17,19,21-22H,3-4,6,8-9,12,15,18,20,24H2,1-2H3;2*6,10-11,13-18,20-22H,3-5,7-9,12,19H2,1-2H3/b7-5-,11-10-,14-13-,17-16-,21-19+;;11-10-,14-13-,16-15+,17-6-,20-18+;. The van der Waals surface area contributed by atoms with Gasteiger partial charge in [-0.1, -0.05) is 388 Å². The summed E-state index contributed by atoms with van der Waals surface area (Å²) in [7, 11) is 4.78. The molecule has 0 N–H and O–H groups in total. The second-order valence-corrected chi connectivity index (χ2v) is 24.3. The largest absolute Gasteiger partial charge is 0.365 e. The fraction of sp³-hybridized carbons (Fsp3) is 0.545. The lowest BCUT2D eigenvalue weighted by atomic mass is 10.1. The molecule has 0 aromatic carbocycles. The van der Waals surface area contributed by atoms with Crippen molar-refractivity contribution in [2.75, 3.05) is 0 Å². The molecule has 8 unspecified atom stereocenters. The maximum Gasteiger partial charge on any atom is 0.103 e. The third-order valence-corrected chi connectivity index (χ3v) is 15.6. The minimum absolute atomic E-state index is 0.221. The van der Waals surface area contributed by atoms with Crippen LogP contribution in [0.2, 0.25) is 0 Å². The van der Waals surface area contributed by atoms with Gasteiger partial charge in [0.2, 0.25) is 0 Å². The van der Waals surface area contributed by atoms with E-state index >= 15 is 0 Å². The number of hydrogen-bond donors (Lipinski definition) is 0. The average Bonchev–Trinajstić information content (AvgIpc) is 1.87. The smallest absolute Gasteiger partial charge is 0.103 e. The van der Waals surface area contributed by atoms with Gasteiger partial charge in [-0.2, -0.15) is 0 Å². The van der Waals surface area contributed by atoms with Gasteiger partial charge >= 0.3 is 0 Å². The highest BCUT2D eigenvalue weighted by molar-refractivity contribution is 7.10. The van der Waals surface area contributed by atoms with Crippen LogP contribution in [0.1, 0.15) is 274 Å². The summed E-state index contributed by atoms with van der Waals surface area (Å²) in [5, 5.41) is 0. The van der Waals surface area contributed by atoms with E-state index in [4.69, 9.17) is 18.5 Å². The number of hydrogen-bond acceptors (Lipinski definition) is 4. The summed E-state index contributed by atoms with van der Waals surface area (Å²) in [6.07, 6.45) is 129. The zero-order chi connectivity index (χ0) is 68.6. The molecule has 2 fully saturated rings. The van der Waals surface area contributed by atoms with Gasteiger partial charge in [0.15, 0.2) is 0 Å². The maximum absolute atomic E-state index is 5.57. The minimum Gasteiger partial charge on any atom is -0.365 e. The van der Waals surface area contributed by atoms with E-state index in [1.807, 2.05) is 0 Å². The van der Waals surface area contributed by atoms with Crippen molar-refractivity contribution in [3.05, 3.63) is 243 Å². The Morgan fingerprint density at radius 3 is 0.872 bits per heavy atom. The second kappa shape index (κ2) is 80.9. The van der Waals surface area contributed by atoms with Crippen molar-refractivity contribution < 1.29 is 18.5 Å². The van der Waals surface area contributed by atoms with Crippen LogP contribution in [0.5, 0.6) is 0 Å². The van der Waals surface area contributed by atoms with Gasteiger partial charge in [-0.05, 0) is 128 Å². The van der Waals surface area contributed by atoms with Crippen LogP contribution < -0.4 is 0 Å². The number of ether oxygens (including phenoxy) is 2. The van der Waals surface area contributed by atoms with Crippen LogP contribution in [0.3, 0.4) is 0 Å². The molecule has 0 radical (unpaired) electrons. The Hall–Kier alpha value is -4.50. The Bertz CT molecular complexity index is 2070. The Morgan fingerprint density at radius 2 is 0.553 bits per heavy atom. The highest BCUT2D eigenvalue weighted by Gasteiger charge is 2.35. The fourth-order valence-corrected chi connectivity index (χ4v) is 9.58. The van der Waals surface area contributed by atoms with Crippen molar-refractivity contribution in [2.45, 2.75) is 310 Å².